The summed E-state index contributed by atoms with van der Waals surface area (Å²) in [5.74, 6) is 0.624. The van der Waals surface area contributed by atoms with E-state index >= 15 is 0 Å². The van der Waals surface area contributed by atoms with Gasteiger partial charge in [0.2, 0.25) is 0 Å². The second-order valence-corrected chi connectivity index (χ2v) is 6.82. The molecule has 1 amide bonds. The number of anilines is 2. The minimum absolute atomic E-state index is 0.0280. The van der Waals surface area contributed by atoms with Gasteiger partial charge in [-0.15, -0.1) is 0 Å². The molecular weight excluding hydrogens is 322 g/mol. The van der Waals surface area contributed by atoms with Crippen LogP contribution in [0.5, 0.6) is 0 Å². The van der Waals surface area contributed by atoms with Crippen LogP contribution in [-0.4, -0.2) is 10.9 Å². The Labute approximate surface area is 153 Å². The summed E-state index contributed by atoms with van der Waals surface area (Å²) in [4.78, 5) is 19.3. The third-order valence-electron chi connectivity index (χ3n) is 4.79. The first-order chi connectivity index (χ1) is 12.5. The molecule has 4 heteroatoms. The zero-order chi connectivity index (χ0) is 18.3. The number of nitrogens with zero attached hydrogens (tertiary/aromatic N) is 2. The molecule has 2 heterocycles. The van der Waals surface area contributed by atoms with E-state index in [-0.39, 0.29) is 12.1 Å². The Balaban J connectivity index is 1.80. The molecule has 0 aliphatic carbocycles. The van der Waals surface area contributed by atoms with E-state index in [9.17, 15) is 4.79 Å². The monoisotopic (exact) mass is 343 g/mol. The summed E-state index contributed by atoms with van der Waals surface area (Å²) in [6.07, 6.45) is 1.51. The van der Waals surface area contributed by atoms with Gasteiger partial charge in [-0.1, -0.05) is 36.4 Å². The molecule has 0 saturated heterocycles. The summed E-state index contributed by atoms with van der Waals surface area (Å²) >= 11 is 0. The predicted molar refractivity (Wildman–Crippen MR) is 105 cm³/mol. The molecule has 0 saturated carbocycles. The number of hydrogen-bond acceptors (Lipinski definition) is 3. The van der Waals surface area contributed by atoms with Crippen molar-refractivity contribution in [2.75, 3.05) is 10.2 Å². The number of rotatable bonds is 3. The zero-order valence-electron chi connectivity index (χ0n) is 15.2. The first-order valence-corrected chi connectivity index (χ1v) is 8.73. The number of benzene rings is 2. The van der Waals surface area contributed by atoms with E-state index < -0.39 is 0 Å². The first kappa shape index (κ1) is 16.3. The normalized spacial score (nSPS) is 15.9. The Hall–Kier alpha value is -3.14. The van der Waals surface area contributed by atoms with E-state index in [4.69, 9.17) is 0 Å². The molecule has 0 radical (unpaired) electrons. The van der Waals surface area contributed by atoms with Crippen molar-refractivity contribution in [3.63, 3.8) is 0 Å². The quantitative estimate of drug-likeness (QED) is 0.744. The molecule has 1 aliphatic heterocycles. The molecule has 130 valence electrons. The van der Waals surface area contributed by atoms with E-state index in [0.717, 1.165) is 27.9 Å². The lowest BCUT2D eigenvalue weighted by Crippen LogP contribution is -2.33. The van der Waals surface area contributed by atoms with Crippen LogP contribution >= 0.6 is 0 Å². The second-order valence-electron chi connectivity index (χ2n) is 6.82. The minimum atomic E-state index is -0.283. The largest absolute Gasteiger partial charge is 0.361 e. The molecule has 0 fully saturated rings. The maximum atomic E-state index is 13.1. The van der Waals surface area contributed by atoms with Gasteiger partial charge in [0.15, 0.2) is 0 Å². The average molecular weight is 343 g/mol. The lowest BCUT2D eigenvalue weighted by Gasteiger charge is -2.27. The smallest absolute Gasteiger partial charge is 0.261 e. The summed E-state index contributed by atoms with van der Waals surface area (Å²) < 4.78 is 0. The van der Waals surface area contributed by atoms with E-state index in [1.165, 1.54) is 5.56 Å². The van der Waals surface area contributed by atoms with Crippen LogP contribution in [0.15, 0.2) is 60.8 Å². The van der Waals surface area contributed by atoms with Gasteiger partial charge in [0.05, 0.1) is 0 Å². The third kappa shape index (κ3) is 2.73. The Morgan fingerprint density at radius 2 is 1.73 bits per heavy atom. The number of carbonyl (C=O) groups excluding carboxylic acids is 1. The molecule has 4 rings (SSSR count). The number of hydrogen-bond donors (Lipinski definition) is 1. The second kappa shape index (κ2) is 6.30. The third-order valence-corrected chi connectivity index (χ3v) is 4.79. The van der Waals surface area contributed by atoms with Gasteiger partial charge in [0.25, 0.3) is 5.91 Å². The van der Waals surface area contributed by atoms with Crippen molar-refractivity contribution in [1.29, 1.82) is 0 Å². The molecule has 1 N–H and O–H groups in total. The van der Waals surface area contributed by atoms with Gasteiger partial charge in [0.1, 0.15) is 12.0 Å². The fraction of sp³-hybridized carbons (Fsp3) is 0.182. The van der Waals surface area contributed by atoms with Crippen LogP contribution in [-0.2, 0) is 0 Å². The standard InChI is InChI=1S/C22H21N3O/c1-14-8-10-16(3)19(12-14)24-21-17-6-4-5-7-18(17)22(26)25(21)20-11-9-15(2)13-23-20/h4-13,21,24H,1-3H3/t21-/m0/s1. The molecule has 0 spiro atoms. The fourth-order valence-corrected chi connectivity index (χ4v) is 3.34. The van der Waals surface area contributed by atoms with Gasteiger partial charge in [-0.05, 0) is 55.7 Å². The summed E-state index contributed by atoms with van der Waals surface area (Å²) in [6, 6.07) is 17.9. The molecule has 3 aromatic rings. The Kier molecular flexibility index (Phi) is 3.96. The van der Waals surface area contributed by atoms with Crippen LogP contribution in [0, 0.1) is 20.8 Å². The Bertz CT molecular complexity index is 979. The van der Waals surface area contributed by atoms with E-state index in [1.54, 1.807) is 11.1 Å². The van der Waals surface area contributed by atoms with Crippen molar-refractivity contribution in [3.8, 4) is 0 Å². The summed E-state index contributed by atoms with van der Waals surface area (Å²) in [5.41, 5.74) is 6.10. The zero-order valence-corrected chi connectivity index (χ0v) is 15.2. The molecule has 0 unspecified atom stereocenters. The van der Waals surface area contributed by atoms with E-state index in [0.29, 0.717) is 5.82 Å². The number of amides is 1. The highest BCUT2D eigenvalue weighted by Gasteiger charge is 2.38. The SMILES string of the molecule is Cc1ccc(N2C(=O)c3ccccc3[C@H]2Nc2cc(C)ccc2C)nc1. The molecular formula is C22H21N3O. The van der Waals surface area contributed by atoms with Gasteiger partial charge < -0.3 is 5.32 Å². The summed E-state index contributed by atoms with van der Waals surface area (Å²) in [6.45, 7) is 6.12. The van der Waals surface area contributed by atoms with Crippen LogP contribution in [0.1, 0.15) is 38.8 Å². The maximum Gasteiger partial charge on any atom is 0.261 e. The molecule has 26 heavy (non-hydrogen) atoms. The number of fused-ring (bicyclic) bond motifs is 1. The molecule has 1 aromatic heterocycles. The Morgan fingerprint density at radius 1 is 0.962 bits per heavy atom. The molecule has 2 aromatic carbocycles. The Morgan fingerprint density at radius 3 is 2.50 bits per heavy atom. The van der Waals surface area contributed by atoms with Gasteiger partial charge >= 0.3 is 0 Å². The van der Waals surface area contributed by atoms with E-state index in [1.807, 2.05) is 43.3 Å². The van der Waals surface area contributed by atoms with Crippen LogP contribution in [0.3, 0.4) is 0 Å². The number of nitrogens with one attached hydrogen (secondary N) is 1. The molecule has 4 nitrogen and oxygen atoms in total. The first-order valence-electron chi connectivity index (χ1n) is 8.73. The van der Waals surface area contributed by atoms with Crippen molar-refractivity contribution in [2.45, 2.75) is 26.9 Å². The number of pyridine rings is 1. The van der Waals surface area contributed by atoms with Crippen LogP contribution in [0.2, 0.25) is 0 Å². The molecule has 1 aliphatic rings. The van der Waals surface area contributed by atoms with Gasteiger partial charge in [-0.2, -0.15) is 0 Å². The van der Waals surface area contributed by atoms with Crippen LogP contribution in [0.25, 0.3) is 0 Å². The van der Waals surface area contributed by atoms with Gasteiger partial charge in [-0.3, -0.25) is 9.69 Å². The summed E-state index contributed by atoms with van der Waals surface area (Å²) in [7, 11) is 0. The minimum Gasteiger partial charge on any atom is -0.361 e. The van der Waals surface area contributed by atoms with Crippen molar-refractivity contribution < 1.29 is 4.79 Å². The number of aryl methyl sites for hydroxylation is 3. The highest BCUT2D eigenvalue weighted by atomic mass is 16.2. The predicted octanol–water partition coefficient (Wildman–Crippen LogP) is 4.78. The van der Waals surface area contributed by atoms with Crippen molar-refractivity contribution in [3.05, 3.63) is 88.6 Å². The highest BCUT2D eigenvalue weighted by molar-refractivity contribution is 6.11. The van der Waals surface area contributed by atoms with Gasteiger partial charge in [0, 0.05) is 23.0 Å². The van der Waals surface area contributed by atoms with Crippen molar-refractivity contribution >= 4 is 17.4 Å². The molecule has 1 atom stereocenters. The molecule has 0 bridgehead atoms. The lowest BCUT2D eigenvalue weighted by atomic mass is 10.1. The van der Waals surface area contributed by atoms with Crippen LogP contribution in [0.4, 0.5) is 11.5 Å². The maximum absolute atomic E-state index is 13.1. The van der Waals surface area contributed by atoms with Crippen LogP contribution < -0.4 is 10.2 Å². The fourth-order valence-electron chi connectivity index (χ4n) is 3.34. The summed E-state index contributed by atoms with van der Waals surface area (Å²) in [5, 5.41) is 3.56. The number of aromatic nitrogens is 1. The van der Waals surface area contributed by atoms with Crippen molar-refractivity contribution in [2.24, 2.45) is 0 Å². The topological polar surface area (TPSA) is 45.2 Å². The lowest BCUT2D eigenvalue weighted by molar-refractivity contribution is 0.0992. The number of carbonyl (C=O) groups is 1. The average Bonchev–Trinajstić information content (AvgIpc) is 2.92. The van der Waals surface area contributed by atoms with E-state index in [2.05, 4.69) is 42.3 Å². The van der Waals surface area contributed by atoms with Crippen molar-refractivity contribution in [1.82, 2.24) is 4.98 Å². The highest BCUT2D eigenvalue weighted by Crippen LogP contribution is 2.37. The van der Waals surface area contributed by atoms with Gasteiger partial charge in [-0.25, -0.2) is 4.98 Å².